The highest BCUT2D eigenvalue weighted by molar-refractivity contribution is 5.62. The summed E-state index contributed by atoms with van der Waals surface area (Å²) in [5, 5.41) is 0. The van der Waals surface area contributed by atoms with Crippen LogP contribution >= 0.6 is 0 Å². The molecule has 18 heavy (non-hydrogen) atoms. The first kappa shape index (κ1) is 13.2. The highest BCUT2D eigenvalue weighted by Gasteiger charge is 2.27. The van der Waals surface area contributed by atoms with Gasteiger partial charge in [-0.05, 0) is 42.7 Å². The van der Waals surface area contributed by atoms with Gasteiger partial charge in [-0.1, -0.05) is 20.8 Å². The molecule has 2 N–H and O–H groups in total. The standard InChI is InChI=1S/C15H25N3/c1-15(2,3)12-6-5-10-18(11-8-12)13-7-4-9-17-14(13)16/h4,7,9,12H,5-6,8,10-11H2,1-3H3,(H2,16,17). The number of hydrogen-bond acceptors (Lipinski definition) is 3. The largest absolute Gasteiger partial charge is 0.382 e. The van der Waals surface area contributed by atoms with Crippen LogP contribution in [0.3, 0.4) is 0 Å². The summed E-state index contributed by atoms with van der Waals surface area (Å²) < 4.78 is 0. The summed E-state index contributed by atoms with van der Waals surface area (Å²) in [6.07, 6.45) is 5.57. The minimum atomic E-state index is 0.413. The van der Waals surface area contributed by atoms with E-state index in [1.54, 1.807) is 6.20 Å². The number of pyridine rings is 1. The first-order valence-corrected chi connectivity index (χ1v) is 6.94. The smallest absolute Gasteiger partial charge is 0.146 e. The molecular weight excluding hydrogens is 222 g/mol. The minimum absolute atomic E-state index is 0.413. The average Bonchev–Trinajstić information content (AvgIpc) is 2.54. The highest BCUT2D eigenvalue weighted by Crippen LogP contribution is 2.35. The van der Waals surface area contributed by atoms with Gasteiger partial charge in [0.15, 0.2) is 0 Å². The van der Waals surface area contributed by atoms with Crippen LogP contribution in [0, 0.1) is 11.3 Å². The van der Waals surface area contributed by atoms with Gasteiger partial charge in [0.25, 0.3) is 0 Å². The zero-order valence-corrected chi connectivity index (χ0v) is 11.8. The first-order valence-electron chi connectivity index (χ1n) is 6.94. The number of hydrogen-bond donors (Lipinski definition) is 1. The Bertz CT molecular complexity index is 395. The molecule has 0 bridgehead atoms. The van der Waals surface area contributed by atoms with Crippen molar-refractivity contribution in [1.29, 1.82) is 0 Å². The molecular formula is C15H25N3. The van der Waals surface area contributed by atoms with E-state index in [1.807, 2.05) is 6.07 Å². The molecule has 0 aliphatic carbocycles. The molecule has 0 amide bonds. The molecule has 3 nitrogen and oxygen atoms in total. The topological polar surface area (TPSA) is 42.2 Å². The van der Waals surface area contributed by atoms with E-state index in [4.69, 9.17) is 5.73 Å². The van der Waals surface area contributed by atoms with Crippen molar-refractivity contribution in [3.8, 4) is 0 Å². The van der Waals surface area contributed by atoms with Gasteiger partial charge in [-0.25, -0.2) is 4.98 Å². The summed E-state index contributed by atoms with van der Waals surface area (Å²) in [6, 6.07) is 4.05. The van der Waals surface area contributed by atoms with Gasteiger partial charge in [0.1, 0.15) is 5.82 Å². The molecule has 1 unspecified atom stereocenters. The molecule has 0 saturated carbocycles. The second-order valence-corrected chi connectivity index (χ2v) is 6.39. The Kier molecular flexibility index (Phi) is 3.79. The molecule has 1 saturated heterocycles. The van der Waals surface area contributed by atoms with E-state index in [0.29, 0.717) is 11.2 Å². The van der Waals surface area contributed by atoms with Gasteiger partial charge in [0.05, 0.1) is 5.69 Å². The minimum Gasteiger partial charge on any atom is -0.382 e. The lowest BCUT2D eigenvalue weighted by Crippen LogP contribution is -2.26. The average molecular weight is 247 g/mol. The molecule has 1 aromatic heterocycles. The van der Waals surface area contributed by atoms with E-state index in [0.717, 1.165) is 24.7 Å². The lowest BCUT2D eigenvalue weighted by molar-refractivity contribution is 0.220. The lowest BCUT2D eigenvalue weighted by Gasteiger charge is -2.30. The fourth-order valence-corrected chi connectivity index (χ4v) is 2.88. The molecule has 0 aromatic carbocycles. The van der Waals surface area contributed by atoms with Crippen molar-refractivity contribution in [1.82, 2.24) is 4.98 Å². The van der Waals surface area contributed by atoms with Crippen molar-refractivity contribution in [3.05, 3.63) is 18.3 Å². The van der Waals surface area contributed by atoms with Gasteiger partial charge in [-0.15, -0.1) is 0 Å². The number of nitrogens with two attached hydrogens (primary N) is 1. The Labute approximate surface area is 110 Å². The van der Waals surface area contributed by atoms with Crippen molar-refractivity contribution in [2.75, 3.05) is 23.7 Å². The number of nitrogen functional groups attached to an aromatic ring is 1. The third-order valence-corrected chi connectivity index (χ3v) is 4.11. The second kappa shape index (κ2) is 5.17. The van der Waals surface area contributed by atoms with E-state index < -0.39 is 0 Å². The number of anilines is 2. The van der Waals surface area contributed by atoms with E-state index >= 15 is 0 Å². The van der Waals surface area contributed by atoms with Crippen molar-refractivity contribution >= 4 is 11.5 Å². The van der Waals surface area contributed by atoms with E-state index in [-0.39, 0.29) is 0 Å². The van der Waals surface area contributed by atoms with Gasteiger partial charge < -0.3 is 10.6 Å². The van der Waals surface area contributed by atoms with Crippen LogP contribution in [0.5, 0.6) is 0 Å². The van der Waals surface area contributed by atoms with Crippen LogP contribution in [0.2, 0.25) is 0 Å². The predicted octanol–water partition coefficient (Wildman–Crippen LogP) is 3.32. The summed E-state index contributed by atoms with van der Waals surface area (Å²) in [6.45, 7) is 9.25. The number of rotatable bonds is 1. The van der Waals surface area contributed by atoms with E-state index in [2.05, 4.69) is 36.7 Å². The molecule has 3 heteroatoms. The van der Waals surface area contributed by atoms with Gasteiger partial charge in [0.2, 0.25) is 0 Å². The molecule has 2 heterocycles. The Morgan fingerprint density at radius 3 is 2.72 bits per heavy atom. The fourth-order valence-electron chi connectivity index (χ4n) is 2.88. The molecule has 100 valence electrons. The quantitative estimate of drug-likeness (QED) is 0.827. The van der Waals surface area contributed by atoms with Crippen LogP contribution in [0.4, 0.5) is 11.5 Å². The first-order chi connectivity index (χ1) is 8.48. The van der Waals surface area contributed by atoms with Crippen molar-refractivity contribution < 1.29 is 0 Å². The maximum atomic E-state index is 5.97. The summed E-state index contributed by atoms with van der Waals surface area (Å²) in [4.78, 5) is 6.59. The molecule has 1 fully saturated rings. The predicted molar refractivity (Wildman–Crippen MR) is 77.7 cm³/mol. The fraction of sp³-hybridized carbons (Fsp3) is 0.667. The molecule has 1 aromatic rings. The normalized spacial score (nSPS) is 21.7. The summed E-state index contributed by atoms with van der Waals surface area (Å²) >= 11 is 0. The molecule has 2 rings (SSSR count). The molecule has 1 atom stereocenters. The third-order valence-electron chi connectivity index (χ3n) is 4.11. The molecule has 0 radical (unpaired) electrons. The van der Waals surface area contributed by atoms with Crippen LogP contribution in [-0.2, 0) is 0 Å². The zero-order valence-electron chi connectivity index (χ0n) is 11.8. The Morgan fingerprint density at radius 1 is 1.28 bits per heavy atom. The third kappa shape index (κ3) is 2.95. The Hall–Kier alpha value is -1.25. The summed E-state index contributed by atoms with van der Waals surface area (Å²) in [7, 11) is 0. The van der Waals surface area contributed by atoms with Crippen LogP contribution in [0.25, 0.3) is 0 Å². The van der Waals surface area contributed by atoms with Gasteiger partial charge >= 0.3 is 0 Å². The SMILES string of the molecule is CC(C)(C)C1CCCN(c2cccnc2N)CC1. The van der Waals surface area contributed by atoms with Crippen LogP contribution in [0.15, 0.2) is 18.3 Å². The molecule has 1 aliphatic rings. The van der Waals surface area contributed by atoms with Gasteiger partial charge in [0, 0.05) is 19.3 Å². The van der Waals surface area contributed by atoms with Crippen LogP contribution in [0.1, 0.15) is 40.0 Å². The molecule has 0 spiro atoms. The second-order valence-electron chi connectivity index (χ2n) is 6.39. The van der Waals surface area contributed by atoms with E-state index in [1.165, 1.54) is 19.3 Å². The Morgan fingerprint density at radius 2 is 2.06 bits per heavy atom. The maximum Gasteiger partial charge on any atom is 0.146 e. The monoisotopic (exact) mass is 247 g/mol. The van der Waals surface area contributed by atoms with Crippen molar-refractivity contribution in [2.45, 2.75) is 40.0 Å². The summed E-state index contributed by atoms with van der Waals surface area (Å²) in [5.41, 5.74) is 7.49. The van der Waals surface area contributed by atoms with Crippen LogP contribution < -0.4 is 10.6 Å². The maximum absolute atomic E-state index is 5.97. The van der Waals surface area contributed by atoms with Crippen LogP contribution in [-0.4, -0.2) is 18.1 Å². The van der Waals surface area contributed by atoms with Gasteiger partial charge in [-0.3, -0.25) is 0 Å². The van der Waals surface area contributed by atoms with Crippen molar-refractivity contribution in [2.24, 2.45) is 11.3 Å². The summed E-state index contributed by atoms with van der Waals surface area (Å²) in [5.74, 6) is 1.46. The van der Waals surface area contributed by atoms with E-state index in [9.17, 15) is 0 Å². The lowest BCUT2D eigenvalue weighted by atomic mass is 9.77. The Balaban J connectivity index is 2.08. The van der Waals surface area contributed by atoms with Gasteiger partial charge in [-0.2, -0.15) is 0 Å². The number of nitrogens with zero attached hydrogens (tertiary/aromatic N) is 2. The number of aromatic nitrogens is 1. The zero-order chi connectivity index (χ0) is 13.2. The van der Waals surface area contributed by atoms with Crippen molar-refractivity contribution in [3.63, 3.8) is 0 Å². The molecule has 1 aliphatic heterocycles. The highest BCUT2D eigenvalue weighted by atomic mass is 15.1.